The van der Waals surface area contributed by atoms with Crippen LogP contribution in [0.1, 0.15) is 0 Å². The molecule has 0 aliphatic heterocycles. The zero-order valence-corrected chi connectivity index (χ0v) is 8.05. The molecule has 0 amide bonds. The second-order valence-corrected chi connectivity index (χ2v) is 2.22. The van der Waals surface area contributed by atoms with Gasteiger partial charge in [-0.1, -0.05) is 0 Å². The van der Waals surface area contributed by atoms with Gasteiger partial charge in [0.2, 0.25) is 0 Å². The monoisotopic (exact) mass is 227 g/mol. The SMILES string of the molecule is Cl.O=P#CN(CC(=O)O)CC(=O)O. The van der Waals surface area contributed by atoms with Crippen molar-refractivity contribution in [3.8, 4) is 5.75 Å². The minimum atomic E-state index is -1.20. The first-order valence-electron chi connectivity index (χ1n) is 2.82. The van der Waals surface area contributed by atoms with E-state index >= 15 is 0 Å². The van der Waals surface area contributed by atoms with Crippen LogP contribution >= 0.6 is 20.3 Å². The van der Waals surface area contributed by atoms with E-state index in [4.69, 9.17) is 10.2 Å². The van der Waals surface area contributed by atoms with Crippen molar-refractivity contribution < 1.29 is 24.4 Å². The second kappa shape index (κ2) is 7.83. The average molecular weight is 228 g/mol. The number of carboxylic acids is 2. The molecular weight excluding hydrogens is 220 g/mol. The first-order valence-corrected chi connectivity index (χ1v) is 3.64. The van der Waals surface area contributed by atoms with Gasteiger partial charge in [-0.15, -0.1) is 12.4 Å². The number of carboxylic acid groups (broad SMARTS) is 2. The zero-order chi connectivity index (χ0) is 9.56. The van der Waals surface area contributed by atoms with E-state index in [-0.39, 0.29) is 12.4 Å². The van der Waals surface area contributed by atoms with Crippen LogP contribution in [0.25, 0.3) is 0 Å². The Bertz CT molecular complexity index is 270. The maximum absolute atomic E-state index is 10.1. The number of rotatable bonds is 4. The fourth-order valence-corrected chi connectivity index (χ4v) is 0.768. The number of nitrogens with zero attached hydrogens (tertiary/aromatic N) is 1. The van der Waals surface area contributed by atoms with Gasteiger partial charge in [0.1, 0.15) is 0 Å². The predicted octanol–water partition coefficient (Wildman–Crippen LogP) is 0.0878. The Balaban J connectivity index is 0. The third-order valence-corrected chi connectivity index (χ3v) is 1.20. The molecule has 0 aliphatic rings. The van der Waals surface area contributed by atoms with E-state index in [1.165, 1.54) is 0 Å². The summed E-state index contributed by atoms with van der Waals surface area (Å²) in [5.41, 5.74) is 0. The van der Waals surface area contributed by atoms with Gasteiger partial charge >= 0.3 is 68.0 Å². The normalized spacial score (nSPS) is 8.38. The van der Waals surface area contributed by atoms with E-state index in [1.807, 2.05) is 5.75 Å². The Morgan fingerprint density at radius 1 is 1.23 bits per heavy atom. The van der Waals surface area contributed by atoms with Crippen LogP contribution in [0.2, 0.25) is 0 Å². The van der Waals surface area contributed by atoms with E-state index in [0.717, 1.165) is 4.90 Å². The van der Waals surface area contributed by atoms with Crippen molar-refractivity contribution in [3.63, 3.8) is 0 Å². The van der Waals surface area contributed by atoms with Crippen LogP contribution < -0.4 is 0 Å². The molecule has 0 fully saturated rings. The van der Waals surface area contributed by atoms with E-state index in [2.05, 4.69) is 0 Å². The Labute approximate surface area is 81.1 Å². The predicted molar refractivity (Wildman–Crippen MR) is 45.6 cm³/mol. The topological polar surface area (TPSA) is 94.9 Å². The van der Waals surface area contributed by atoms with Crippen LogP contribution in [0.15, 0.2) is 0 Å². The summed E-state index contributed by atoms with van der Waals surface area (Å²) < 4.78 is 9.94. The molecule has 0 atom stereocenters. The fraction of sp³-hybridized carbons (Fsp3) is 0.400. The van der Waals surface area contributed by atoms with E-state index < -0.39 is 32.9 Å². The van der Waals surface area contributed by atoms with Crippen LogP contribution in [0.3, 0.4) is 0 Å². The molecule has 74 valence electrons. The molecule has 2 N–H and O–H groups in total. The Kier molecular flexibility index (Phi) is 8.86. The van der Waals surface area contributed by atoms with E-state index in [1.54, 1.807) is 0 Å². The van der Waals surface area contributed by atoms with Crippen molar-refractivity contribution in [1.82, 2.24) is 4.90 Å². The summed E-state index contributed by atoms with van der Waals surface area (Å²) in [7, 11) is -0.535. The molecule has 0 aliphatic carbocycles. The number of hydrogen-bond donors (Lipinski definition) is 2. The molecule has 6 nitrogen and oxygen atoms in total. The Morgan fingerprint density at radius 3 is 1.85 bits per heavy atom. The van der Waals surface area contributed by atoms with Gasteiger partial charge in [-0.3, -0.25) is 0 Å². The summed E-state index contributed by atoms with van der Waals surface area (Å²) in [6, 6.07) is 0. The van der Waals surface area contributed by atoms with Gasteiger partial charge in [-0.05, 0) is 0 Å². The molecule has 0 radical (unpaired) electrons. The quantitative estimate of drug-likeness (QED) is 0.522. The number of carbonyl (C=O) groups is 2. The molecule has 0 saturated carbocycles. The van der Waals surface area contributed by atoms with Crippen molar-refractivity contribution in [2.45, 2.75) is 0 Å². The van der Waals surface area contributed by atoms with Gasteiger partial charge in [0.15, 0.2) is 0 Å². The van der Waals surface area contributed by atoms with Crippen LogP contribution in [-0.4, -0.2) is 40.1 Å². The first kappa shape index (κ1) is 14.7. The van der Waals surface area contributed by atoms with Crippen molar-refractivity contribution in [2.75, 3.05) is 13.1 Å². The van der Waals surface area contributed by atoms with Crippen molar-refractivity contribution in [1.29, 1.82) is 0 Å². The number of hydrogen-bond acceptors (Lipinski definition) is 4. The van der Waals surface area contributed by atoms with Gasteiger partial charge < -0.3 is 0 Å². The van der Waals surface area contributed by atoms with Crippen molar-refractivity contribution in [3.05, 3.63) is 0 Å². The fourth-order valence-electron chi connectivity index (χ4n) is 0.511. The van der Waals surface area contributed by atoms with Gasteiger partial charge in [-0.25, -0.2) is 0 Å². The summed E-state index contributed by atoms with van der Waals surface area (Å²) in [6.45, 7) is -1.05. The third kappa shape index (κ3) is 9.11. The van der Waals surface area contributed by atoms with Gasteiger partial charge in [0.25, 0.3) is 0 Å². The molecule has 0 heterocycles. The standard InChI is InChI=1S/C5H6NO5P.ClH/c7-4(8)1-6(3-12-11)2-5(9)10;/h1-2H2,(H,7,8)(H,9,10);1H. The molecule has 0 bridgehead atoms. The number of halogens is 1. The van der Waals surface area contributed by atoms with Crippen LogP contribution in [0.5, 0.6) is 0 Å². The van der Waals surface area contributed by atoms with Gasteiger partial charge in [0, 0.05) is 0 Å². The summed E-state index contributed by atoms with van der Waals surface area (Å²) in [4.78, 5) is 21.0. The average Bonchev–Trinajstić information content (AvgIpc) is 1.84. The molecule has 0 aromatic carbocycles. The molecule has 0 aromatic heterocycles. The van der Waals surface area contributed by atoms with Crippen LogP contribution in [0.4, 0.5) is 0 Å². The molecule has 0 saturated heterocycles. The summed E-state index contributed by atoms with van der Waals surface area (Å²) in [6.07, 6.45) is 0. The van der Waals surface area contributed by atoms with Crippen molar-refractivity contribution >= 4 is 32.3 Å². The molecule has 8 heteroatoms. The van der Waals surface area contributed by atoms with Crippen molar-refractivity contribution in [2.24, 2.45) is 0 Å². The first-order chi connectivity index (χ1) is 5.56. The molecule has 0 unspecified atom stereocenters. The number of aliphatic carboxylic acids is 2. The van der Waals surface area contributed by atoms with E-state index in [9.17, 15) is 14.2 Å². The van der Waals surface area contributed by atoms with Crippen LogP contribution in [0, 0.1) is 5.75 Å². The molecule has 0 spiro atoms. The molecule has 0 aromatic rings. The minimum absolute atomic E-state index is 0. The molecular formula is C5H7ClNO5P. The summed E-state index contributed by atoms with van der Waals surface area (Å²) in [5.74, 6) is -0.369. The maximum atomic E-state index is 10.1. The van der Waals surface area contributed by atoms with Gasteiger partial charge in [0.05, 0.1) is 0 Å². The third-order valence-electron chi connectivity index (χ3n) is 0.834. The van der Waals surface area contributed by atoms with Crippen LogP contribution in [-0.2, 0) is 14.2 Å². The Morgan fingerprint density at radius 2 is 1.62 bits per heavy atom. The second-order valence-electron chi connectivity index (χ2n) is 1.83. The van der Waals surface area contributed by atoms with E-state index in [0.29, 0.717) is 0 Å². The van der Waals surface area contributed by atoms with Gasteiger partial charge in [-0.2, -0.15) is 0 Å². The zero-order valence-electron chi connectivity index (χ0n) is 6.34. The summed E-state index contributed by atoms with van der Waals surface area (Å²) >= 11 is 0. The molecule has 13 heavy (non-hydrogen) atoms. The molecule has 0 rings (SSSR count). The summed E-state index contributed by atoms with van der Waals surface area (Å²) in [5, 5.41) is 16.5. The Hall–Kier alpha value is -0.800.